The number of nitrogens with one attached hydrogen (secondary N) is 2. The molecule has 0 radical (unpaired) electrons. The molecule has 3 aromatic heterocycles. The van der Waals surface area contributed by atoms with E-state index in [0.717, 1.165) is 22.2 Å². The maximum absolute atomic E-state index is 14.0. The summed E-state index contributed by atoms with van der Waals surface area (Å²) in [5.74, 6) is 0.774. The molecule has 0 spiro atoms. The van der Waals surface area contributed by atoms with Crippen LogP contribution in [0.2, 0.25) is 0 Å². The van der Waals surface area contributed by atoms with Crippen molar-refractivity contribution in [3.63, 3.8) is 0 Å². The average molecular weight is 471 g/mol. The molecule has 2 amide bonds. The number of hydrogen-bond donors (Lipinski definition) is 2. The summed E-state index contributed by atoms with van der Waals surface area (Å²) in [5, 5.41) is 14.8. The van der Waals surface area contributed by atoms with Gasteiger partial charge in [-0.25, -0.2) is 18.9 Å². The molecule has 9 nitrogen and oxygen atoms in total. The molecule has 0 aliphatic carbocycles. The molecule has 35 heavy (non-hydrogen) atoms. The molecule has 0 bridgehead atoms. The van der Waals surface area contributed by atoms with Crippen molar-refractivity contribution in [1.29, 1.82) is 0 Å². The summed E-state index contributed by atoms with van der Waals surface area (Å²) < 4.78 is 23.2. The number of aryl methyl sites for hydroxylation is 2. The van der Waals surface area contributed by atoms with Crippen LogP contribution in [-0.4, -0.2) is 30.6 Å². The van der Waals surface area contributed by atoms with Gasteiger partial charge in [0.1, 0.15) is 17.4 Å². The number of urea groups is 1. The topological polar surface area (TPSA) is 98.9 Å². The van der Waals surface area contributed by atoms with Gasteiger partial charge in [0.05, 0.1) is 29.8 Å². The zero-order valence-corrected chi connectivity index (χ0v) is 19.1. The standard InChI is InChI=1S/C25H22FN7O2/c1-16-3-6-20(7-4-16)33-23(9-10-29-33)31-25(34)28-13-18-11-19(26)5-8-22(18)35-24-12-17-14-30-32(2)21(17)15-27-24/h3-12,14-15H,13H2,1-2H3,(H2,28,31,34). The van der Waals surface area contributed by atoms with Crippen LogP contribution in [0, 0.1) is 12.7 Å². The summed E-state index contributed by atoms with van der Waals surface area (Å²) in [7, 11) is 1.83. The lowest BCUT2D eigenvalue weighted by molar-refractivity contribution is 0.251. The highest BCUT2D eigenvalue weighted by molar-refractivity contribution is 5.88. The lowest BCUT2D eigenvalue weighted by atomic mass is 10.2. The molecule has 2 N–H and O–H groups in total. The number of hydrogen-bond acceptors (Lipinski definition) is 5. The average Bonchev–Trinajstić information content (AvgIpc) is 3.46. The smallest absolute Gasteiger partial charge is 0.320 e. The number of benzene rings is 2. The molecule has 2 aromatic carbocycles. The highest BCUT2D eigenvalue weighted by atomic mass is 19.1. The molecular weight excluding hydrogens is 449 g/mol. The van der Waals surface area contributed by atoms with Crippen molar-refractivity contribution in [3.05, 3.63) is 90.1 Å². The first-order chi connectivity index (χ1) is 17.0. The lowest BCUT2D eigenvalue weighted by Crippen LogP contribution is -2.29. The molecule has 0 unspecified atom stereocenters. The molecule has 5 rings (SSSR count). The number of aromatic nitrogens is 5. The van der Waals surface area contributed by atoms with E-state index < -0.39 is 11.8 Å². The minimum atomic E-state index is -0.469. The Bertz CT molecular complexity index is 1510. The van der Waals surface area contributed by atoms with E-state index in [1.807, 2.05) is 38.2 Å². The summed E-state index contributed by atoms with van der Waals surface area (Å²) in [6.45, 7) is 2.03. The van der Waals surface area contributed by atoms with Crippen LogP contribution in [0.25, 0.3) is 16.6 Å². The molecule has 0 atom stereocenters. The minimum absolute atomic E-state index is 0.0345. The number of carbonyl (C=O) groups excluding carboxylic acids is 1. The van der Waals surface area contributed by atoms with Gasteiger partial charge in [0, 0.05) is 36.7 Å². The normalized spacial score (nSPS) is 10.9. The highest BCUT2D eigenvalue weighted by Gasteiger charge is 2.13. The number of ether oxygens (including phenoxy) is 1. The van der Waals surface area contributed by atoms with Crippen molar-refractivity contribution >= 4 is 22.8 Å². The first kappa shape index (κ1) is 22.1. The highest BCUT2D eigenvalue weighted by Crippen LogP contribution is 2.27. The number of nitrogens with zero attached hydrogens (tertiary/aromatic N) is 5. The molecule has 0 aliphatic heterocycles. The SMILES string of the molecule is Cc1ccc(-n2nccc2NC(=O)NCc2cc(F)ccc2Oc2cc3cnn(C)c3cn2)cc1. The van der Waals surface area contributed by atoms with Crippen LogP contribution in [-0.2, 0) is 13.6 Å². The van der Waals surface area contributed by atoms with Gasteiger partial charge in [0.25, 0.3) is 0 Å². The maximum atomic E-state index is 14.0. The Morgan fingerprint density at radius 3 is 2.71 bits per heavy atom. The van der Waals surface area contributed by atoms with Crippen molar-refractivity contribution in [2.75, 3.05) is 5.32 Å². The zero-order chi connectivity index (χ0) is 24.4. The largest absolute Gasteiger partial charge is 0.439 e. The van der Waals surface area contributed by atoms with Gasteiger partial charge in [0.2, 0.25) is 5.88 Å². The van der Waals surface area contributed by atoms with Gasteiger partial charge < -0.3 is 10.1 Å². The summed E-state index contributed by atoms with van der Waals surface area (Å²) in [6.07, 6.45) is 4.96. The Morgan fingerprint density at radius 2 is 1.89 bits per heavy atom. The van der Waals surface area contributed by atoms with Gasteiger partial charge in [-0.2, -0.15) is 10.2 Å². The minimum Gasteiger partial charge on any atom is -0.439 e. The molecule has 0 saturated carbocycles. The molecule has 5 aromatic rings. The van der Waals surface area contributed by atoms with Crippen LogP contribution in [0.3, 0.4) is 0 Å². The number of rotatable bonds is 6. The van der Waals surface area contributed by atoms with Crippen LogP contribution in [0.4, 0.5) is 15.0 Å². The van der Waals surface area contributed by atoms with E-state index in [0.29, 0.717) is 23.0 Å². The van der Waals surface area contributed by atoms with Gasteiger partial charge in [-0.05, 0) is 37.3 Å². The van der Waals surface area contributed by atoms with Gasteiger partial charge in [0.15, 0.2) is 0 Å². The van der Waals surface area contributed by atoms with Crippen molar-refractivity contribution < 1.29 is 13.9 Å². The molecule has 0 fully saturated rings. The van der Waals surface area contributed by atoms with Crippen LogP contribution in [0.15, 0.2) is 73.2 Å². The Balaban J connectivity index is 1.28. The predicted octanol–water partition coefficient (Wildman–Crippen LogP) is 4.72. The zero-order valence-electron chi connectivity index (χ0n) is 19.1. The van der Waals surface area contributed by atoms with E-state index in [4.69, 9.17) is 4.74 Å². The predicted molar refractivity (Wildman–Crippen MR) is 129 cm³/mol. The van der Waals surface area contributed by atoms with Gasteiger partial charge in [-0.1, -0.05) is 17.7 Å². The second-order valence-electron chi connectivity index (χ2n) is 7.98. The van der Waals surface area contributed by atoms with Crippen LogP contribution < -0.4 is 15.4 Å². The van der Waals surface area contributed by atoms with Crippen LogP contribution >= 0.6 is 0 Å². The molecule has 176 valence electrons. The Morgan fingerprint density at radius 1 is 1.06 bits per heavy atom. The number of pyridine rings is 1. The second-order valence-corrected chi connectivity index (χ2v) is 7.98. The van der Waals surface area contributed by atoms with E-state index in [1.165, 1.54) is 18.2 Å². The summed E-state index contributed by atoms with van der Waals surface area (Å²) in [6, 6.07) is 14.8. The lowest BCUT2D eigenvalue weighted by Gasteiger charge is -2.13. The summed E-state index contributed by atoms with van der Waals surface area (Å²) in [5.41, 5.74) is 3.26. The first-order valence-electron chi connectivity index (χ1n) is 10.9. The van der Waals surface area contributed by atoms with Crippen molar-refractivity contribution in [1.82, 2.24) is 29.9 Å². The summed E-state index contributed by atoms with van der Waals surface area (Å²) in [4.78, 5) is 16.9. The number of halogens is 1. The molecule has 0 aliphatic rings. The first-order valence-corrected chi connectivity index (χ1v) is 10.9. The van der Waals surface area contributed by atoms with Crippen molar-refractivity contribution in [2.24, 2.45) is 7.05 Å². The van der Waals surface area contributed by atoms with Crippen LogP contribution in [0.1, 0.15) is 11.1 Å². The van der Waals surface area contributed by atoms with E-state index >= 15 is 0 Å². The molecular formula is C25H22FN7O2. The van der Waals surface area contributed by atoms with E-state index in [2.05, 4.69) is 25.8 Å². The second kappa shape index (κ2) is 9.26. The summed E-state index contributed by atoms with van der Waals surface area (Å²) >= 11 is 0. The number of carbonyl (C=O) groups is 1. The molecule has 3 heterocycles. The Kier molecular flexibility index (Phi) is 5.84. The van der Waals surface area contributed by atoms with Gasteiger partial charge in [-0.15, -0.1) is 0 Å². The molecule has 0 saturated heterocycles. The number of fused-ring (bicyclic) bond motifs is 1. The fourth-order valence-corrected chi connectivity index (χ4v) is 3.61. The van der Waals surface area contributed by atoms with E-state index in [-0.39, 0.29) is 6.54 Å². The number of anilines is 1. The fraction of sp³-hybridized carbons (Fsp3) is 0.120. The van der Waals surface area contributed by atoms with Crippen molar-refractivity contribution in [2.45, 2.75) is 13.5 Å². The molecule has 10 heteroatoms. The third kappa shape index (κ3) is 4.81. The van der Waals surface area contributed by atoms with Gasteiger partial charge >= 0.3 is 6.03 Å². The number of amides is 2. The maximum Gasteiger partial charge on any atom is 0.320 e. The quantitative estimate of drug-likeness (QED) is 0.374. The fourth-order valence-electron chi connectivity index (χ4n) is 3.61. The van der Waals surface area contributed by atoms with E-state index in [9.17, 15) is 9.18 Å². The third-order valence-electron chi connectivity index (χ3n) is 5.45. The monoisotopic (exact) mass is 471 g/mol. The Labute approximate surface area is 200 Å². The van der Waals surface area contributed by atoms with Gasteiger partial charge in [-0.3, -0.25) is 10.00 Å². The van der Waals surface area contributed by atoms with Crippen LogP contribution in [0.5, 0.6) is 11.6 Å². The third-order valence-corrected chi connectivity index (χ3v) is 5.45. The van der Waals surface area contributed by atoms with Crippen molar-refractivity contribution in [3.8, 4) is 17.3 Å². The Hall–Kier alpha value is -4.73. The van der Waals surface area contributed by atoms with E-state index in [1.54, 1.807) is 40.1 Å².